The van der Waals surface area contributed by atoms with Gasteiger partial charge in [-0.25, -0.2) is 4.79 Å². The average Bonchev–Trinajstić information content (AvgIpc) is 3.08. The minimum Gasteiger partial charge on any atom is -0.324 e. The SMILES string of the molecule is Cc1ccc(C)c(NC(=O)Cn2c(=O)n(CC(C)C)c(=O)c3sccc32)c1. The number of hydrogen-bond acceptors (Lipinski definition) is 4. The van der Waals surface area contributed by atoms with Crippen LogP contribution in [-0.4, -0.2) is 15.0 Å². The van der Waals surface area contributed by atoms with Gasteiger partial charge >= 0.3 is 5.69 Å². The van der Waals surface area contributed by atoms with Crippen LogP contribution < -0.4 is 16.6 Å². The highest BCUT2D eigenvalue weighted by Gasteiger charge is 2.17. The Morgan fingerprint density at radius 2 is 1.89 bits per heavy atom. The zero-order chi connectivity index (χ0) is 19.7. The van der Waals surface area contributed by atoms with Gasteiger partial charge < -0.3 is 5.32 Å². The number of carbonyl (C=O) groups excluding carboxylic acids is 1. The van der Waals surface area contributed by atoms with E-state index >= 15 is 0 Å². The van der Waals surface area contributed by atoms with Crippen molar-refractivity contribution >= 4 is 33.1 Å². The van der Waals surface area contributed by atoms with Gasteiger partial charge in [0.15, 0.2) is 0 Å². The molecule has 0 aliphatic carbocycles. The lowest BCUT2D eigenvalue weighted by Gasteiger charge is -2.14. The molecule has 3 aromatic rings. The fourth-order valence-corrected chi connectivity index (χ4v) is 3.86. The second kappa shape index (κ2) is 7.52. The Hall–Kier alpha value is -2.67. The number of nitrogens with zero attached hydrogens (tertiary/aromatic N) is 2. The van der Waals surface area contributed by atoms with Crippen LogP contribution in [0, 0.1) is 19.8 Å². The van der Waals surface area contributed by atoms with Crippen molar-refractivity contribution in [2.75, 3.05) is 5.32 Å². The first-order chi connectivity index (χ1) is 12.8. The molecule has 1 amide bonds. The lowest BCUT2D eigenvalue weighted by molar-refractivity contribution is -0.116. The zero-order valence-corrected chi connectivity index (χ0v) is 16.7. The number of anilines is 1. The van der Waals surface area contributed by atoms with E-state index in [9.17, 15) is 14.4 Å². The lowest BCUT2D eigenvalue weighted by Crippen LogP contribution is -2.42. The van der Waals surface area contributed by atoms with Crippen LogP contribution in [-0.2, 0) is 17.9 Å². The summed E-state index contributed by atoms with van der Waals surface area (Å²) in [5.41, 5.74) is 2.49. The van der Waals surface area contributed by atoms with E-state index in [1.807, 2.05) is 45.9 Å². The number of benzene rings is 1. The van der Waals surface area contributed by atoms with Crippen molar-refractivity contribution in [3.63, 3.8) is 0 Å². The van der Waals surface area contributed by atoms with Gasteiger partial charge in [-0.05, 0) is 48.4 Å². The Balaban J connectivity index is 2.00. The van der Waals surface area contributed by atoms with Crippen LogP contribution in [0.1, 0.15) is 25.0 Å². The number of aromatic nitrogens is 2. The second-order valence-corrected chi connectivity index (χ2v) is 8.10. The van der Waals surface area contributed by atoms with Crippen molar-refractivity contribution in [2.45, 2.75) is 40.8 Å². The molecule has 0 bridgehead atoms. The van der Waals surface area contributed by atoms with Gasteiger partial charge in [-0.1, -0.05) is 26.0 Å². The molecule has 0 radical (unpaired) electrons. The predicted molar refractivity (Wildman–Crippen MR) is 110 cm³/mol. The highest BCUT2D eigenvalue weighted by Crippen LogP contribution is 2.18. The van der Waals surface area contributed by atoms with Gasteiger partial charge in [-0.15, -0.1) is 11.3 Å². The maximum absolute atomic E-state index is 12.9. The fraction of sp³-hybridized carbons (Fsp3) is 0.350. The largest absolute Gasteiger partial charge is 0.332 e. The standard InChI is InChI=1S/C20H23N3O3S/c1-12(2)10-23-19(25)18-16(7-8-27-18)22(20(23)26)11-17(24)21-15-9-13(3)5-6-14(15)4/h5-9,12H,10-11H2,1-4H3,(H,21,24). The summed E-state index contributed by atoms with van der Waals surface area (Å²) in [5.74, 6) is -0.155. The molecule has 0 atom stereocenters. The summed E-state index contributed by atoms with van der Waals surface area (Å²) in [6.45, 7) is 7.95. The minimum atomic E-state index is -0.448. The van der Waals surface area contributed by atoms with Crippen molar-refractivity contribution < 1.29 is 4.79 Å². The van der Waals surface area contributed by atoms with Crippen LogP contribution in [0.4, 0.5) is 5.69 Å². The third-order valence-corrected chi connectivity index (χ3v) is 5.24. The lowest BCUT2D eigenvalue weighted by atomic mass is 10.1. The van der Waals surface area contributed by atoms with Gasteiger partial charge in [0, 0.05) is 12.2 Å². The quantitative estimate of drug-likeness (QED) is 0.733. The predicted octanol–water partition coefficient (Wildman–Crippen LogP) is 3.14. The van der Waals surface area contributed by atoms with Crippen LogP contribution in [0.25, 0.3) is 10.2 Å². The summed E-state index contributed by atoms with van der Waals surface area (Å²) in [5, 5.41) is 4.64. The van der Waals surface area contributed by atoms with Gasteiger partial charge in [0.25, 0.3) is 5.56 Å². The van der Waals surface area contributed by atoms with E-state index in [2.05, 4.69) is 5.32 Å². The number of hydrogen-bond donors (Lipinski definition) is 1. The normalized spacial score (nSPS) is 11.3. The number of thiophene rings is 1. The zero-order valence-electron chi connectivity index (χ0n) is 15.9. The molecule has 0 aliphatic heterocycles. The molecule has 2 heterocycles. The summed E-state index contributed by atoms with van der Waals surface area (Å²) in [6.07, 6.45) is 0. The number of nitrogens with one attached hydrogen (secondary N) is 1. The molecule has 0 aliphatic rings. The van der Waals surface area contributed by atoms with Crippen molar-refractivity contribution in [2.24, 2.45) is 5.92 Å². The molecule has 6 nitrogen and oxygen atoms in total. The smallest absolute Gasteiger partial charge is 0.324 e. The van der Waals surface area contributed by atoms with Gasteiger partial charge in [0.1, 0.15) is 11.2 Å². The molecule has 1 aromatic carbocycles. The highest BCUT2D eigenvalue weighted by atomic mass is 32.1. The van der Waals surface area contributed by atoms with E-state index in [-0.39, 0.29) is 23.9 Å². The second-order valence-electron chi connectivity index (χ2n) is 7.18. The first kappa shape index (κ1) is 19.1. The Morgan fingerprint density at radius 3 is 2.59 bits per heavy atom. The number of amides is 1. The Bertz CT molecular complexity index is 1120. The Kier molecular flexibility index (Phi) is 5.32. The van der Waals surface area contributed by atoms with E-state index in [1.54, 1.807) is 11.4 Å². The third kappa shape index (κ3) is 3.88. The number of fused-ring (bicyclic) bond motifs is 1. The van der Waals surface area contributed by atoms with E-state index in [4.69, 9.17) is 0 Å². The van der Waals surface area contributed by atoms with Crippen molar-refractivity contribution in [3.05, 3.63) is 61.6 Å². The van der Waals surface area contributed by atoms with E-state index < -0.39 is 5.69 Å². The maximum atomic E-state index is 12.9. The molecule has 1 N–H and O–H groups in total. The highest BCUT2D eigenvalue weighted by molar-refractivity contribution is 7.17. The monoisotopic (exact) mass is 385 g/mol. The Labute approximate surface area is 161 Å². The molecule has 7 heteroatoms. The van der Waals surface area contributed by atoms with Crippen LogP contribution in [0.5, 0.6) is 0 Å². The molecule has 0 unspecified atom stereocenters. The number of aryl methyl sites for hydroxylation is 2. The third-order valence-electron chi connectivity index (χ3n) is 4.35. The molecule has 0 fully saturated rings. The maximum Gasteiger partial charge on any atom is 0.332 e. The molecular weight excluding hydrogens is 362 g/mol. The van der Waals surface area contributed by atoms with Crippen LogP contribution in [0.15, 0.2) is 39.2 Å². The van der Waals surface area contributed by atoms with Crippen molar-refractivity contribution in [3.8, 4) is 0 Å². The van der Waals surface area contributed by atoms with Gasteiger partial charge in [-0.2, -0.15) is 0 Å². The Morgan fingerprint density at radius 1 is 1.15 bits per heavy atom. The van der Waals surface area contributed by atoms with Crippen molar-refractivity contribution in [1.29, 1.82) is 0 Å². The molecular formula is C20H23N3O3S. The topological polar surface area (TPSA) is 73.1 Å². The van der Waals surface area contributed by atoms with E-state index in [0.717, 1.165) is 16.8 Å². The average molecular weight is 385 g/mol. The number of carbonyl (C=O) groups is 1. The summed E-state index contributed by atoms with van der Waals surface area (Å²) < 4.78 is 3.11. The summed E-state index contributed by atoms with van der Waals surface area (Å²) in [4.78, 5) is 38.1. The fourth-order valence-electron chi connectivity index (χ4n) is 3.02. The van der Waals surface area contributed by atoms with Crippen LogP contribution in [0.3, 0.4) is 0 Å². The summed E-state index contributed by atoms with van der Waals surface area (Å²) in [7, 11) is 0. The van der Waals surface area contributed by atoms with Gasteiger partial charge in [-0.3, -0.25) is 18.7 Å². The van der Waals surface area contributed by atoms with Gasteiger partial charge in [0.2, 0.25) is 5.91 Å². The van der Waals surface area contributed by atoms with Crippen LogP contribution in [0.2, 0.25) is 0 Å². The molecule has 0 saturated heterocycles. The first-order valence-corrected chi connectivity index (χ1v) is 9.74. The molecule has 0 saturated carbocycles. The molecule has 27 heavy (non-hydrogen) atoms. The molecule has 2 aromatic heterocycles. The molecule has 0 spiro atoms. The van der Waals surface area contributed by atoms with E-state index in [1.165, 1.54) is 20.5 Å². The van der Waals surface area contributed by atoms with Gasteiger partial charge in [0.05, 0.1) is 5.52 Å². The van der Waals surface area contributed by atoms with Crippen LogP contribution >= 0.6 is 11.3 Å². The molecule has 142 valence electrons. The van der Waals surface area contributed by atoms with Crippen molar-refractivity contribution in [1.82, 2.24) is 9.13 Å². The first-order valence-electron chi connectivity index (χ1n) is 8.86. The minimum absolute atomic E-state index is 0.141. The van der Waals surface area contributed by atoms with E-state index in [0.29, 0.717) is 16.8 Å². The summed E-state index contributed by atoms with van der Waals surface area (Å²) in [6, 6.07) is 7.53. The number of rotatable bonds is 5. The summed E-state index contributed by atoms with van der Waals surface area (Å²) >= 11 is 1.29. The molecule has 3 rings (SSSR count).